The Morgan fingerprint density at radius 2 is 1.87 bits per heavy atom. The third-order valence-corrected chi connectivity index (χ3v) is 2.98. The number of amides is 1. The first-order valence-corrected chi connectivity index (χ1v) is 7.05. The molecule has 6 nitrogen and oxygen atoms in total. The van der Waals surface area contributed by atoms with E-state index in [1.165, 1.54) is 24.3 Å². The van der Waals surface area contributed by atoms with E-state index in [4.69, 9.17) is 12.2 Å². The molecule has 0 saturated carbocycles. The monoisotopic (exact) mass is 327 g/mol. The highest BCUT2D eigenvalue weighted by Gasteiger charge is 2.05. The molecule has 0 atom stereocenters. The first-order valence-electron chi connectivity index (χ1n) is 6.64. The van der Waals surface area contributed by atoms with Crippen molar-refractivity contribution in [1.29, 1.82) is 0 Å². The van der Waals surface area contributed by atoms with E-state index in [-0.39, 0.29) is 10.8 Å². The van der Waals surface area contributed by atoms with Crippen molar-refractivity contribution in [3.63, 3.8) is 0 Å². The number of nitro benzene ring substituents is 1. The SMILES string of the molecule is O=C(C=Cc1cccc([N+](=O)[O-])c1)NC(=S)Nc1ccccc1. The largest absolute Gasteiger partial charge is 0.332 e. The van der Waals surface area contributed by atoms with Gasteiger partial charge in [0.05, 0.1) is 4.92 Å². The van der Waals surface area contributed by atoms with Gasteiger partial charge < -0.3 is 5.32 Å². The Balaban J connectivity index is 1.92. The quantitative estimate of drug-likeness (QED) is 0.390. The van der Waals surface area contributed by atoms with Gasteiger partial charge in [-0.05, 0) is 36.0 Å². The highest BCUT2D eigenvalue weighted by Crippen LogP contribution is 2.14. The van der Waals surface area contributed by atoms with Crippen LogP contribution < -0.4 is 10.6 Å². The van der Waals surface area contributed by atoms with Crippen LogP contribution in [0.15, 0.2) is 60.7 Å². The lowest BCUT2D eigenvalue weighted by Gasteiger charge is -2.07. The molecule has 0 unspecified atom stereocenters. The fourth-order valence-corrected chi connectivity index (χ4v) is 1.97. The third kappa shape index (κ3) is 5.33. The number of nitrogens with zero attached hydrogens (tertiary/aromatic N) is 1. The van der Waals surface area contributed by atoms with Gasteiger partial charge in [0.2, 0.25) is 5.91 Å². The number of rotatable bonds is 4. The molecule has 23 heavy (non-hydrogen) atoms. The highest BCUT2D eigenvalue weighted by atomic mass is 32.1. The first-order chi connectivity index (χ1) is 11.0. The predicted molar refractivity (Wildman–Crippen MR) is 92.9 cm³/mol. The number of carbonyl (C=O) groups excluding carboxylic acids is 1. The molecule has 116 valence electrons. The molecule has 7 heteroatoms. The van der Waals surface area contributed by atoms with Crippen LogP contribution in [0.1, 0.15) is 5.56 Å². The highest BCUT2D eigenvalue weighted by molar-refractivity contribution is 7.80. The van der Waals surface area contributed by atoms with Crippen LogP contribution in [0.2, 0.25) is 0 Å². The van der Waals surface area contributed by atoms with Crippen LogP contribution in [0.5, 0.6) is 0 Å². The maximum atomic E-state index is 11.8. The number of hydrogen-bond donors (Lipinski definition) is 2. The predicted octanol–water partition coefficient (Wildman–Crippen LogP) is 3.12. The van der Waals surface area contributed by atoms with E-state index in [2.05, 4.69) is 10.6 Å². The molecule has 1 amide bonds. The Hall–Kier alpha value is -3.06. The Morgan fingerprint density at radius 3 is 2.57 bits per heavy atom. The molecule has 0 fully saturated rings. The van der Waals surface area contributed by atoms with Crippen molar-refractivity contribution in [2.75, 3.05) is 5.32 Å². The van der Waals surface area contributed by atoms with E-state index in [0.717, 1.165) is 5.69 Å². The lowest BCUT2D eigenvalue weighted by molar-refractivity contribution is -0.384. The smallest absolute Gasteiger partial charge is 0.270 e. The maximum absolute atomic E-state index is 11.8. The van der Waals surface area contributed by atoms with E-state index in [9.17, 15) is 14.9 Å². The lowest BCUT2D eigenvalue weighted by atomic mass is 10.2. The zero-order valence-electron chi connectivity index (χ0n) is 11.9. The van der Waals surface area contributed by atoms with Gasteiger partial charge in [-0.1, -0.05) is 30.3 Å². The van der Waals surface area contributed by atoms with Gasteiger partial charge in [0.1, 0.15) is 0 Å². The second-order valence-electron chi connectivity index (χ2n) is 4.49. The maximum Gasteiger partial charge on any atom is 0.270 e. The summed E-state index contributed by atoms with van der Waals surface area (Å²) in [5, 5.41) is 16.2. The second kappa shape index (κ2) is 7.81. The van der Waals surface area contributed by atoms with Crippen molar-refractivity contribution < 1.29 is 9.72 Å². The van der Waals surface area contributed by atoms with Gasteiger partial charge in [-0.2, -0.15) is 0 Å². The minimum Gasteiger partial charge on any atom is -0.332 e. The van der Waals surface area contributed by atoms with Gasteiger partial charge in [0.15, 0.2) is 5.11 Å². The standard InChI is InChI=1S/C16H13N3O3S/c20-15(18-16(23)17-13-6-2-1-3-7-13)10-9-12-5-4-8-14(11-12)19(21)22/h1-11H,(H2,17,18,20,23). The van der Waals surface area contributed by atoms with Crippen LogP contribution in [-0.2, 0) is 4.79 Å². The third-order valence-electron chi connectivity index (χ3n) is 2.78. The van der Waals surface area contributed by atoms with E-state index in [0.29, 0.717) is 5.56 Å². The summed E-state index contributed by atoms with van der Waals surface area (Å²) in [6.45, 7) is 0. The average Bonchev–Trinajstić information content (AvgIpc) is 2.54. The van der Waals surface area contributed by atoms with Crippen molar-refractivity contribution in [2.24, 2.45) is 0 Å². The molecule has 0 saturated heterocycles. The van der Waals surface area contributed by atoms with Crippen molar-refractivity contribution in [1.82, 2.24) is 5.32 Å². The molecule has 2 aromatic rings. The number of hydrogen-bond acceptors (Lipinski definition) is 4. The van der Waals surface area contributed by atoms with Crippen LogP contribution in [0.3, 0.4) is 0 Å². The molecule has 0 spiro atoms. The van der Waals surface area contributed by atoms with Gasteiger partial charge in [-0.25, -0.2) is 0 Å². The molecule has 2 aromatic carbocycles. The van der Waals surface area contributed by atoms with Gasteiger partial charge in [0, 0.05) is 23.9 Å². The van der Waals surface area contributed by atoms with Crippen LogP contribution in [-0.4, -0.2) is 15.9 Å². The number of anilines is 1. The van der Waals surface area contributed by atoms with Gasteiger partial charge in [-0.3, -0.25) is 20.2 Å². The van der Waals surface area contributed by atoms with E-state index in [1.807, 2.05) is 30.3 Å². The number of para-hydroxylation sites is 1. The zero-order valence-corrected chi connectivity index (χ0v) is 12.7. The summed E-state index contributed by atoms with van der Waals surface area (Å²) in [6, 6.07) is 15.2. The molecule has 2 N–H and O–H groups in total. The van der Waals surface area contributed by atoms with Crippen molar-refractivity contribution in [3.8, 4) is 0 Å². The molecular weight excluding hydrogens is 314 g/mol. The fourth-order valence-electron chi connectivity index (χ4n) is 1.75. The Morgan fingerprint density at radius 1 is 1.13 bits per heavy atom. The summed E-state index contributed by atoms with van der Waals surface area (Å²) in [4.78, 5) is 22.0. The summed E-state index contributed by atoms with van der Waals surface area (Å²) < 4.78 is 0. The van der Waals surface area contributed by atoms with E-state index < -0.39 is 10.8 Å². The molecular formula is C16H13N3O3S. The Bertz CT molecular complexity index is 760. The van der Waals surface area contributed by atoms with Gasteiger partial charge in [0.25, 0.3) is 5.69 Å². The van der Waals surface area contributed by atoms with E-state index >= 15 is 0 Å². The molecule has 0 bridgehead atoms. The summed E-state index contributed by atoms with van der Waals surface area (Å²) >= 11 is 5.03. The number of thiocarbonyl (C=S) groups is 1. The lowest BCUT2D eigenvalue weighted by Crippen LogP contribution is -2.32. The Labute approximate surface area is 138 Å². The van der Waals surface area contributed by atoms with Crippen LogP contribution in [0.25, 0.3) is 6.08 Å². The summed E-state index contributed by atoms with van der Waals surface area (Å²) in [7, 11) is 0. The number of benzene rings is 2. The van der Waals surface area contributed by atoms with Crippen LogP contribution >= 0.6 is 12.2 Å². The number of nitrogens with one attached hydrogen (secondary N) is 2. The summed E-state index contributed by atoms with van der Waals surface area (Å²) in [5.41, 5.74) is 1.28. The summed E-state index contributed by atoms with van der Waals surface area (Å²) in [6.07, 6.45) is 2.74. The first kappa shape index (κ1) is 16.3. The molecule has 2 rings (SSSR count). The Kier molecular flexibility index (Phi) is 5.54. The second-order valence-corrected chi connectivity index (χ2v) is 4.90. The van der Waals surface area contributed by atoms with Crippen molar-refractivity contribution in [2.45, 2.75) is 0 Å². The van der Waals surface area contributed by atoms with Gasteiger partial charge in [-0.15, -0.1) is 0 Å². The number of nitro groups is 1. The molecule has 0 radical (unpaired) electrons. The van der Waals surface area contributed by atoms with Gasteiger partial charge >= 0.3 is 0 Å². The average molecular weight is 327 g/mol. The topological polar surface area (TPSA) is 84.3 Å². The molecule has 0 heterocycles. The van der Waals surface area contributed by atoms with Crippen LogP contribution in [0.4, 0.5) is 11.4 Å². The minimum absolute atomic E-state index is 0.0335. The number of non-ortho nitro benzene ring substituents is 1. The van der Waals surface area contributed by atoms with Crippen LogP contribution in [0, 0.1) is 10.1 Å². The summed E-state index contributed by atoms with van der Waals surface area (Å²) in [5.74, 6) is -0.426. The number of carbonyl (C=O) groups is 1. The van der Waals surface area contributed by atoms with Crippen molar-refractivity contribution >= 4 is 40.7 Å². The normalized spacial score (nSPS) is 10.3. The molecule has 0 aliphatic heterocycles. The molecule has 0 aliphatic carbocycles. The van der Waals surface area contributed by atoms with E-state index in [1.54, 1.807) is 12.1 Å². The zero-order chi connectivity index (χ0) is 16.7. The molecule has 0 aliphatic rings. The molecule has 0 aromatic heterocycles. The minimum atomic E-state index is -0.490. The van der Waals surface area contributed by atoms with Crippen molar-refractivity contribution in [3.05, 3.63) is 76.4 Å². The fraction of sp³-hybridized carbons (Fsp3) is 0.